The summed E-state index contributed by atoms with van der Waals surface area (Å²) in [5.41, 5.74) is 0. The SMILES string of the molecule is CN(C)C(CNC(=O)NCC1COc2ccccc2O1)C1CC1. The molecule has 1 saturated carbocycles. The fraction of sp³-hybridized carbons (Fsp3) is 0.588. The molecule has 126 valence electrons. The van der Waals surface area contributed by atoms with Gasteiger partial charge in [-0.3, -0.25) is 0 Å². The third-order valence-electron chi connectivity index (χ3n) is 4.36. The molecule has 1 aromatic rings. The van der Waals surface area contributed by atoms with E-state index in [9.17, 15) is 4.79 Å². The Bertz CT molecular complexity index is 544. The minimum Gasteiger partial charge on any atom is -0.486 e. The van der Waals surface area contributed by atoms with E-state index in [0.29, 0.717) is 25.7 Å². The number of amides is 2. The number of hydrogen-bond acceptors (Lipinski definition) is 4. The van der Waals surface area contributed by atoms with Crippen LogP contribution in [0.1, 0.15) is 12.8 Å². The van der Waals surface area contributed by atoms with Crippen LogP contribution in [0.5, 0.6) is 11.5 Å². The average Bonchev–Trinajstić information content (AvgIpc) is 3.37. The van der Waals surface area contributed by atoms with Crippen molar-refractivity contribution >= 4 is 6.03 Å². The second-order valence-corrected chi connectivity index (χ2v) is 6.46. The highest BCUT2D eigenvalue weighted by Crippen LogP contribution is 2.34. The van der Waals surface area contributed by atoms with Crippen LogP contribution >= 0.6 is 0 Å². The molecule has 0 bridgehead atoms. The normalized spacial score (nSPS) is 20.9. The second kappa shape index (κ2) is 7.08. The highest BCUT2D eigenvalue weighted by atomic mass is 16.6. The molecular weight excluding hydrogens is 294 g/mol. The number of nitrogens with one attached hydrogen (secondary N) is 2. The third kappa shape index (κ3) is 4.28. The molecule has 2 atom stereocenters. The molecule has 0 spiro atoms. The van der Waals surface area contributed by atoms with E-state index < -0.39 is 0 Å². The Balaban J connectivity index is 1.39. The summed E-state index contributed by atoms with van der Waals surface area (Å²) in [7, 11) is 4.13. The highest BCUT2D eigenvalue weighted by molar-refractivity contribution is 5.73. The summed E-state index contributed by atoms with van der Waals surface area (Å²) in [6, 6.07) is 7.84. The van der Waals surface area contributed by atoms with Crippen molar-refractivity contribution in [1.82, 2.24) is 15.5 Å². The number of likely N-dealkylation sites (N-methyl/N-ethyl adjacent to an activating group) is 1. The van der Waals surface area contributed by atoms with Crippen LogP contribution in [-0.2, 0) is 0 Å². The lowest BCUT2D eigenvalue weighted by atomic mass is 10.1. The first kappa shape index (κ1) is 15.9. The molecule has 2 amide bonds. The van der Waals surface area contributed by atoms with Gasteiger partial charge in [0.1, 0.15) is 6.61 Å². The zero-order valence-corrected chi connectivity index (χ0v) is 13.7. The van der Waals surface area contributed by atoms with Crippen LogP contribution in [-0.4, -0.2) is 56.9 Å². The van der Waals surface area contributed by atoms with Gasteiger partial charge in [-0.1, -0.05) is 12.1 Å². The molecule has 23 heavy (non-hydrogen) atoms. The number of rotatable bonds is 6. The first-order chi connectivity index (χ1) is 11.1. The van der Waals surface area contributed by atoms with Crippen LogP contribution in [0.2, 0.25) is 0 Å². The van der Waals surface area contributed by atoms with Crippen LogP contribution in [0.4, 0.5) is 4.79 Å². The fourth-order valence-electron chi connectivity index (χ4n) is 2.88. The zero-order chi connectivity index (χ0) is 16.2. The molecule has 3 rings (SSSR count). The van der Waals surface area contributed by atoms with Crippen LogP contribution in [0.15, 0.2) is 24.3 Å². The smallest absolute Gasteiger partial charge is 0.314 e. The van der Waals surface area contributed by atoms with E-state index in [-0.39, 0.29) is 12.1 Å². The highest BCUT2D eigenvalue weighted by Gasteiger charge is 2.32. The van der Waals surface area contributed by atoms with Crippen molar-refractivity contribution in [2.45, 2.75) is 25.0 Å². The summed E-state index contributed by atoms with van der Waals surface area (Å²) in [6.45, 7) is 1.55. The molecule has 1 heterocycles. The van der Waals surface area contributed by atoms with Crippen molar-refractivity contribution in [3.05, 3.63) is 24.3 Å². The van der Waals surface area contributed by atoms with E-state index in [1.54, 1.807) is 0 Å². The van der Waals surface area contributed by atoms with Crippen LogP contribution < -0.4 is 20.1 Å². The first-order valence-electron chi connectivity index (χ1n) is 8.20. The Morgan fingerprint density at radius 1 is 1.26 bits per heavy atom. The predicted octanol–water partition coefficient (Wildman–Crippen LogP) is 1.47. The molecule has 1 fully saturated rings. The molecule has 2 unspecified atom stereocenters. The number of urea groups is 1. The summed E-state index contributed by atoms with van der Waals surface area (Å²) in [4.78, 5) is 14.2. The van der Waals surface area contributed by atoms with Gasteiger partial charge in [-0.05, 0) is 45.0 Å². The van der Waals surface area contributed by atoms with Crippen molar-refractivity contribution < 1.29 is 14.3 Å². The number of nitrogens with zero attached hydrogens (tertiary/aromatic N) is 1. The molecule has 1 aromatic carbocycles. The van der Waals surface area contributed by atoms with Crippen LogP contribution in [0.3, 0.4) is 0 Å². The van der Waals surface area contributed by atoms with Gasteiger partial charge < -0.3 is 25.0 Å². The summed E-state index contributed by atoms with van der Waals surface area (Å²) in [6.07, 6.45) is 2.36. The van der Waals surface area contributed by atoms with E-state index in [0.717, 1.165) is 17.4 Å². The molecule has 2 N–H and O–H groups in total. The Morgan fingerprint density at radius 3 is 2.70 bits per heavy atom. The number of carbonyl (C=O) groups is 1. The number of ether oxygens (including phenoxy) is 2. The zero-order valence-electron chi connectivity index (χ0n) is 13.7. The molecule has 1 aliphatic heterocycles. The van der Waals surface area contributed by atoms with Gasteiger partial charge in [-0.15, -0.1) is 0 Å². The lowest BCUT2D eigenvalue weighted by Gasteiger charge is -2.27. The topological polar surface area (TPSA) is 62.8 Å². The summed E-state index contributed by atoms with van der Waals surface area (Å²) >= 11 is 0. The fourth-order valence-corrected chi connectivity index (χ4v) is 2.88. The molecule has 0 saturated heterocycles. The van der Waals surface area contributed by atoms with Crippen molar-refractivity contribution in [1.29, 1.82) is 0 Å². The van der Waals surface area contributed by atoms with Crippen molar-refractivity contribution in [2.24, 2.45) is 5.92 Å². The molecule has 1 aliphatic carbocycles. The van der Waals surface area contributed by atoms with Gasteiger partial charge in [-0.2, -0.15) is 0 Å². The minimum absolute atomic E-state index is 0.153. The maximum Gasteiger partial charge on any atom is 0.314 e. The van der Waals surface area contributed by atoms with E-state index in [2.05, 4.69) is 29.6 Å². The number of benzene rings is 1. The molecule has 6 nitrogen and oxygen atoms in total. The number of carbonyl (C=O) groups excluding carboxylic acids is 1. The van der Waals surface area contributed by atoms with E-state index in [1.165, 1.54) is 12.8 Å². The Hall–Kier alpha value is -1.95. The molecular formula is C17H25N3O3. The Kier molecular flexibility index (Phi) is 4.91. The van der Waals surface area contributed by atoms with Crippen LogP contribution in [0.25, 0.3) is 0 Å². The minimum atomic E-state index is -0.163. The largest absolute Gasteiger partial charge is 0.486 e. The number of fused-ring (bicyclic) bond motifs is 1. The Morgan fingerprint density at radius 2 is 2.00 bits per heavy atom. The summed E-state index contributed by atoms with van der Waals surface area (Å²) < 4.78 is 11.5. The van der Waals surface area contributed by atoms with Gasteiger partial charge in [0.05, 0.1) is 6.54 Å². The van der Waals surface area contributed by atoms with Crippen LogP contribution in [0, 0.1) is 5.92 Å². The van der Waals surface area contributed by atoms with E-state index >= 15 is 0 Å². The molecule has 2 aliphatic rings. The Labute approximate surface area is 137 Å². The third-order valence-corrected chi connectivity index (χ3v) is 4.36. The summed E-state index contributed by atoms with van der Waals surface area (Å²) in [5, 5.41) is 5.82. The number of para-hydroxylation sites is 2. The monoisotopic (exact) mass is 319 g/mol. The second-order valence-electron chi connectivity index (χ2n) is 6.46. The summed E-state index contributed by atoms with van der Waals surface area (Å²) in [5.74, 6) is 2.20. The van der Waals surface area contributed by atoms with Gasteiger partial charge in [-0.25, -0.2) is 4.79 Å². The van der Waals surface area contributed by atoms with Gasteiger partial charge >= 0.3 is 6.03 Å². The molecule has 6 heteroatoms. The quantitative estimate of drug-likeness (QED) is 0.833. The maximum absolute atomic E-state index is 12.0. The van der Waals surface area contributed by atoms with Gasteiger partial charge in [0, 0.05) is 12.6 Å². The molecule has 0 radical (unpaired) electrons. The van der Waals surface area contributed by atoms with Crippen molar-refractivity contribution in [2.75, 3.05) is 33.8 Å². The lowest BCUT2D eigenvalue weighted by Crippen LogP contribution is -2.48. The predicted molar refractivity (Wildman–Crippen MR) is 88.0 cm³/mol. The maximum atomic E-state index is 12.0. The van der Waals surface area contributed by atoms with Gasteiger partial charge in [0.15, 0.2) is 17.6 Å². The van der Waals surface area contributed by atoms with Gasteiger partial charge in [0.25, 0.3) is 0 Å². The van der Waals surface area contributed by atoms with Gasteiger partial charge in [0.2, 0.25) is 0 Å². The van der Waals surface area contributed by atoms with Crippen molar-refractivity contribution in [3.8, 4) is 11.5 Å². The molecule has 0 aromatic heterocycles. The van der Waals surface area contributed by atoms with E-state index in [4.69, 9.17) is 9.47 Å². The first-order valence-corrected chi connectivity index (χ1v) is 8.20. The standard InChI is InChI=1S/C17H25N3O3/c1-20(2)14(12-7-8-12)10-19-17(21)18-9-13-11-22-15-5-3-4-6-16(15)23-13/h3-6,12-14H,7-11H2,1-2H3,(H2,18,19,21). The van der Waals surface area contributed by atoms with Crippen molar-refractivity contribution in [3.63, 3.8) is 0 Å². The number of hydrogen-bond donors (Lipinski definition) is 2. The average molecular weight is 319 g/mol. The van der Waals surface area contributed by atoms with E-state index in [1.807, 2.05) is 24.3 Å². The lowest BCUT2D eigenvalue weighted by molar-refractivity contribution is 0.0917.